The maximum Gasteiger partial charge on any atom is 0.219 e. The molecular weight excluding hydrogens is 108 g/mol. The van der Waals surface area contributed by atoms with Gasteiger partial charge in [-0.3, -0.25) is 0 Å². The molecule has 0 aliphatic rings. The summed E-state index contributed by atoms with van der Waals surface area (Å²) in [6, 6.07) is 1.42. The SMILES string of the molecule is Nn1ccc(N=O)n1. The fraction of sp³-hybridized carbons (Fsp3) is 0. The molecule has 0 amide bonds. The van der Waals surface area contributed by atoms with Crippen LogP contribution in [0.25, 0.3) is 0 Å². The number of aromatic nitrogens is 2. The first-order valence-corrected chi connectivity index (χ1v) is 1.97. The van der Waals surface area contributed by atoms with Crippen molar-refractivity contribution >= 4 is 5.82 Å². The topological polar surface area (TPSA) is 73.3 Å². The van der Waals surface area contributed by atoms with Crippen molar-refractivity contribution < 1.29 is 0 Å². The Morgan fingerprint density at radius 1 is 1.88 bits per heavy atom. The molecule has 8 heavy (non-hydrogen) atoms. The van der Waals surface area contributed by atoms with Crippen LogP contribution in [0.1, 0.15) is 0 Å². The Balaban J connectivity index is 3.00. The second kappa shape index (κ2) is 1.61. The molecule has 1 rings (SSSR count). The number of nitroso groups, excluding NO2 is 1. The molecule has 0 aliphatic heterocycles. The Morgan fingerprint density at radius 2 is 2.62 bits per heavy atom. The zero-order valence-corrected chi connectivity index (χ0v) is 3.98. The van der Waals surface area contributed by atoms with Crippen LogP contribution in [0.4, 0.5) is 5.82 Å². The number of hydrogen-bond donors (Lipinski definition) is 1. The summed E-state index contributed by atoms with van der Waals surface area (Å²) in [5, 5.41) is 5.97. The largest absolute Gasteiger partial charge is 0.323 e. The van der Waals surface area contributed by atoms with E-state index < -0.39 is 0 Å². The quantitative estimate of drug-likeness (QED) is 0.410. The lowest BCUT2D eigenvalue weighted by Gasteiger charge is -1.80. The monoisotopic (exact) mass is 112 g/mol. The molecule has 0 saturated carbocycles. The first-order valence-electron chi connectivity index (χ1n) is 1.97. The molecule has 0 spiro atoms. The molecule has 2 N–H and O–H groups in total. The van der Waals surface area contributed by atoms with Crippen LogP contribution in [0.3, 0.4) is 0 Å². The summed E-state index contributed by atoms with van der Waals surface area (Å²) in [5.41, 5.74) is 0. The van der Waals surface area contributed by atoms with Gasteiger partial charge < -0.3 is 5.84 Å². The zero-order valence-electron chi connectivity index (χ0n) is 3.98. The molecule has 1 aromatic heterocycles. The minimum absolute atomic E-state index is 0.104. The summed E-state index contributed by atoms with van der Waals surface area (Å²) >= 11 is 0. The number of hydrogen-bond acceptors (Lipinski definition) is 4. The molecule has 1 heterocycles. The molecule has 0 unspecified atom stereocenters. The molecule has 0 aromatic carbocycles. The molecule has 0 fully saturated rings. The zero-order chi connectivity index (χ0) is 5.98. The highest BCUT2D eigenvalue weighted by molar-refractivity contribution is 5.22. The summed E-state index contributed by atoms with van der Waals surface area (Å²) in [6.45, 7) is 0. The second-order valence-electron chi connectivity index (χ2n) is 1.25. The minimum Gasteiger partial charge on any atom is -0.323 e. The van der Waals surface area contributed by atoms with Gasteiger partial charge in [-0.15, -0.1) is 10.0 Å². The van der Waals surface area contributed by atoms with Crippen LogP contribution in [0.2, 0.25) is 0 Å². The maximum absolute atomic E-state index is 9.64. The molecule has 42 valence electrons. The van der Waals surface area contributed by atoms with Gasteiger partial charge in [-0.05, 0) is 5.18 Å². The highest BCUT2D eigenvalue weighted by Gasteiger charge is 1.90. The number of rotatable bonds is 1. The normalized spacial score (nSPS) is 9.00. The van der Waals surface area contributed by atoms with Crippen LogP contribution in [-0.4, -0.2) is 9.89 Å². The average molecular weight is 112 g/mol. The van der Waals surface area contributed by atoms with E-state index in [1.807, 2.05) is 0 Å². The van der Waals surface area contributed by atoms with Crippen molar-refractivity contribution in [2.45, 2.75) is 0 Å². The maximum atomic E-state index is 9.64. The van der Waals surface area contributed by atoms with E-state index in [-0.39, 0.29) is 5.82 Å². The molecule has 5 heteroatoms. The van der Waals surface area contributed by atoms with Gasteiger partial charge in [-0.25, -0.2) is 0 Å². The van der Waals surface area contributed by atoms with Crippen molar-refractivity contribution in [1.29, 1.82) is 0 Å². The summed E-state index contributed by atoms with van der Waals surface area (Å²) < 4.78 is 0. The smallest absolute Gasteiger partial charge is 0.219 e. The average Bonchev–Trinajstić information content (AvgIpc) is 2.14. The third-order valence-corrected chi connectivity index (χ3v) is 0.688. The molecule has 0 aliphatic carbocycles. The van der Waals surface area contributed by atoms with Gasteiger partial charge in [0, 0.05) is 6.07 Å². The third-order valence-electron chi connectivity index (χ3n) is 0.688. The van der Waals surface area contributed by atoms with Crippen LogP contribution in [0, 0.1) is 4.91 Å². The van der Waals surface area contributed by atoms with Gasteiger partial charge in [0.1, 0.15) is 0 Å². The van der Waals surface area contributed by atoms with Crippen molar-refractivity contribution in [3.05, 3.63) is 17.2 Å². The molecule has 0 saturated heterocycles. The van der Waals surface area contributed by atoms with Gasteiger partial charge in [0.25, 0.3) is 0 Å². The first kappa shape index (κ1) is 4.76. The number of nitrogens with zero attached hydrogens (tertiary/aromatic N) is 3. The van der Waals surface area contributed by atoms with Gasteiger partial charge in [-0.2, -0.15) is 4.79 Å². The van der Waals surface area contributed by atoms with Crippen LogP contribution in [0.15, 0.2) is 17.4 Å². The molecule has 0 bridgehead atoms. The predicted molar refractivity (Wildman–Crippen MR) is 27.8 cm³/mol. The molecule has 1 aromatic rings. The Hall–Kier alpha value is -1.39. The highest BCUT2D eigenvalue weighted by Crippen LogP contribution is 2.01. The predicted octanol–water partition coefficient (Wildman–Crippen LogP) is -0.00520. The van der Waals surface area contributed by atoms with E-state index in [0.29, 0.717) is 0 Å². The number of nitrogen functional groups attached to an aromatic ring is 1. The lowest BCUT2D eigenvalue weighted by Crippen LogP contribution is -2.06. The Labute approximate surface area is 45.0 Å². The van der Waals surface area contributed by atoms with Crippen molar-refractivity contribution in [2.24, 2.45) is 5.18 Å². The van der Waals surface area contributed by atoms with Gasteiger partial charge >= 0.3 is 0 Å². The summed E-state index contributed by atoms with van der Waals surface area (Å²) in [6.07, 6.45) is 1.44. The van der Waals surface area contributed by atoms with E-state index in [9.17, 15) is 4.91 Å². The second-order valence-corrected chi connectivity index (χ2v) is 1.25. The number of nitrogens with two attached hydrogens (primary N) is 1. The molecular formula is C3H4N4O. The van der Waals surface area contributed by atoms with E-state index in [1.54, 1.807) is 0 Å². The van der Waals surface area contributed by atoms with Crippen LogP contribution in [-0.2, 0) is 0 Å². The summed E-state index contributed by atoms with van der Waals surface area (Å²) in [5.74, 6) is 5.16. The van der Waals surface area contributed by atoms with E-state index in [2.05, 4.69) is 10.3 Å². The minimum atomic E-state index is 0.104. The van der Waals surface area contributed by atoms with Crippen LogP contribution >= 0.6 is 0 Å². The van der Waals surface area contributed by atoms with Crippen molar-refractivity contribution in [2.75, 3.05) is 5.84 Å². The Bertz CT molecular complexity index is 193. The van der Waals surface area contributed by atoms with E-state index in [0.717, 1.165) is 4.79 Å². The van der Waals surface area contributed by atoms with Crippen molar-refractivity contribution in [3.8, 4) is 0 Å². The first-order chi connectivity index (χ1) is 3.83. The summed E-state index contributed by atoms with van der Waals surface area (Å²) in [7, 11) is 0. The molecule has 5 nitrogen and oxygen atoms in total. The van der Waals surface area contributed by atoms with Crippen LogP contribution < -0.4 is 5.84 Å². The fourth-order valence-corrected chi connectivity index (χ4v) is 0.377. The van der Waals surface area contributed by atoms with Gasteiger partial charge in [0.15, 0.2) is 0 Å². The standard InChI is InChI=1S/C3H4N4O/c4-7-2-1-3(5-7)6-8/h1-2H,4H2. The van der Waals surface area contributed by atoms with Gasteiger partial charge in [0.2, 0.25) is 5.82 Å². The van der Waals surface area contributed by atoms with E-state index in [4.69, 9.17) is 5.84 Å². The summed E-state index contributed by atoms with van der Waals surface area (Å²) in [4.78, 5) is 10.7. The van der Waals surface area contributed by atoms with E-state index in [1.165, 1.54) is 12.3 Å². The lowest BCUT2D eigenvalue weighted by atomic mass is 10.7. The highest BCUT2D eigenvalue weighted by atomic mass is 16.3. The van der Waals surface area contributed by atoms with Crippen molar-refractivity contribution in [3.63, 3.8) is 0 Å². The fourth-order valence-electron chi connectivity index (χ4n) is 0.377. The molecule has 0 radical (unpaired) electrons. The van der Waals surface area contributed by atoms with Crippen molar-refractivity contribution in [1.82, 2.24) is 9.89 Å². The van der Waals surface area contributed by atoms with Gasteiger partial charge in [0.05, 0.1) is 6.20 Å². The Kier molecular flexibility index (Phi) is 0.957. The third kappa shape index (κ3) is 0.651. The van der Waals surface area contributed by atoms with E-state index >= 15 is 0 Å². The Morgan fingerprint density at radius 3 is 2.88 bits per heavy atom. The lowest BCUT2D eigenvalue weighted by molar-refractivity contribution is 0.832. The molecule has 0 atom stereocenters. The van der Waals surface area contributed by atoms with Gasteiger partial charge in [-0.1, -0.05) is 0 Å². The van der Waals surface area contributed by atoms with Crippen LogP contribution in [0.5, 0.6) is 0 Å².